The number of hydrogen-bond donors (Lipinski definition) is 1. The number of nitrogens with zero attached hydrogens (tertiary/aromatic N) is 4. The smallest absolute Gasteiger partial charge is 0.303 e. The number of carboxylic acid groups (broad SMARTS) is 1. The number of piperidine rings is 1. The summed E-state index contributed by atoms with van der Waals surface area (Å²) in [6, 6.07) is -1.14. The van der Waals surface area contributed by atoms with Gasteiger partial charge in [0.15, 0.2) is 0 Å². The van der Waals surface area contributed by atoms with E-state index in [1.54, 1.807) is 0 Å². The highest BCUT2D eigenvalue weighted by molar-refractivity contribution is 5.68. The van der Waals surface area contributed by atoms with Gasteiger partial charge in [-0.05, 0) is 37.5 Å². The van der Waals surface area contributed by atoms with E-state index in [1.165, 1.54) is 11.8 Å². The van der Waals surface area contributed by atoms with Crippen molar-refractivity contribution in [2.45, 2.75) is 50.5 Å². The number of aromatic nitrogens is 2. The summed E-state index contributed by atoms with van der Waals surface area (Å²) >= 11 is 0. The maximum absolute atomic E-state index is 14.6. The van der Waals surface area contributed by atoms with Crippen LogP contribution in [-0.2, 0) is 17.1 Å². The minimum absolute atomic E-state index is 0.0681. The van der Waals surface area contributed by atoms with Crippen molar-refractivity contribution in [3.63, 3.8) is 0 Å². The van der Waals surface area contributed by atoms with Gasteiger partial charge < -0.3 is 14.9 Å². The van der Waals surface area contributed by atoms with Crippen LogP contribution in [0.4, 0.5) is 29.3 Å². The zero-order valence-corrected chi connectivity index (χ0v) is 15.9. The Morgan fingerprint density at radius 2 is 1.90 bits per heavy atom. The Morgan fingerprint density at radius 3 is 2.48 bits per heavy atom. The number of aliphatic carboxylic acids is 1. The third-order valence-corrected chi connectivity index (χ3v) is 7.04. The number of hydrogen-bond acceptors (Lipinski definition) is 5. The third-order valence-electron chi connectivity index (χ3n) is 7.04. The predicted molar refractivity (Wildman–Crippen MR) is 95.6 cm³/mol. The SMILES string of the molecule is C[C@H]1N(c2nc(N3C[C@@H]4[C@@H](CC(=O)O)[C@@H]4C3)c3c(n2)C(F)(F)CCC3)CC1(F)F. The monoisotopic (exact) mass is 414 g/mol. The minimum Gasteiger partial charge on any atom is -0.481 e. The van der Waals surface area contributed by atoms with E-state index in [0.717, 1.165) is 0 Å². The Kier molecular flexibility index (Phi) is 3.87. The normalized spacial score (nSPS) is 33.7. The summed E-state index contributed by atoms with van der Waals surface area (Å²) < 4.78 is 56.6. The van der Waals surface area contributed by atoms with Crippen molar-refractivity contribution in [1.82, 2.24) is 9.97 Å². The fourth-order valence-electron chi connectivity index (χ4n) is 5.17. The molecular formula is C19H22F4N4O2. The molecule has 3 heterocycles. The second-order valence-corrected chi connectivity index (χ2v) is 8.79. The van der Waals surface area contributed by atoms with E-state index in [0.29, 0.717) is 37.3 Å². The van der Waals surface area contributed by atoms with Gasteiger partial charge in [0.05, 0.1) is 12.6 Å². The highest BCUT2D eigenvalue weighted by Gasteiger charge is 2.57. The summed E-state index contributed by atoms with van der Waals surface area (Å²) in [6.45, 7) is 1.88. The zero-order valence-electron chi connectivity index (χ0n) is 15.9. The summed E-state index contributed by atoms with van der Waals surface area (Å²) in [7, 11) is 0. The molecule has 0 amide bonds. The van der Waals surface area contributed by atoms with Crippen LogP contribution < -0.4 is 9.80 Å². The molecule has 1 N–H and O–H groups in total. The standard InChI is InChI=1S/C19H22F4N4O2/c1-9-19(22,23)8-27(9)17-24-15-10(3-2-4-18(15,20)21)16(25-17)26-6-12-11(5-14(28)29)13(12)7-26/h9,11-13H,2-8H2,1H3,(H,28,29)/t9-,11-,12-,13+/m1/s1. The van der Waals surface area contributed by atoms with Crippen molar-refractivity contribution in [3.8, 4) is 0 Å². The number of rotatable bonds is 4. The lowest BCUT2D eigenvalue weighted by Crippen LogP contribution is -2.64. The molecule has 0 unspecified atom stereocenters. The van der Waals surface area contributed by atoms with Gasteiger partial charge in [-0.1, -0.05) is 0 Å². The molecular weight excluding hydrogens is 392 g/mol. The van der Waals surface area contributed by atoms with Gasteiger partial charge in [0.25, 0.3) is 11.8 Å². The maximum atomic E-state index is 14.6. The predicted octanol–water partition coefficient (Wildman–Crippen LogP) is 2.91. The molecule has 4 aliphatic rings. The van der Waals surface area contributed by atoms with Crippen LogP contribution in [0, 0.1) is 17.8 Å². The summed E-state index contributed by atoms with van der Waals surface area (Å²) in [5.74, 6) is -5.92. The van der Waals surface area contributed by atoms with Crippen molar-refractivity contribution in [1.29, 1.82) is 0 Å². The molecule has 1 saturated carbocycles. The van der Waals surface area contributed by atoms with Crippen molar-refractivity contribution in [2.24, 2.45) is 17.8 Å². The number of halogens is 4. The Labute approximate surface area is 164 Å². The van der Waals surface area contributed by atoms with Crippen molar-refractivity contribution < 1.29 is 27.5 Å². The first-order valence-corrected chi connectivity index (χ1v) is 9.99. The Balaban J connectivity index is 1.47. The number of carbonyl (C=O) groups is 1. The second-order valence-electron chi connectivity index (χ2n) is 8.79. The number of carboxylic acids is 1. The van der Waals surface area contributed by atoms with Crippen molar-refractivity contribution in [3.05, 3.63) is 11.3 Å². The second kappa shape index (κ2) is 5.95. The molecule has 0 bridgehead atoms. The van der Waals surface area contributed by atoms with Crippen molar-refractivity contribution in [2.75, 3.05) is 29.4 Å². The summed E-state index contributed by atoms with van der Waals surface area (Å²) in [4.78, 5) is 22.7. The van der Waals surface area contributed by atoms with E-state index in [-0.39, 0.29) is 42.2 Å². The van der Waals surface area contributed by atoms with Gasteiger partial charge in [-0.15, -0.1) is 0 Å². The zero-order chi connectivity index (χ0) is 20.7. The highest BCUT2D eigenvalue weighted by atomic mass is 19.3. The van der Waals surface area contributed by atoms with E-state index >= 15 is 0 Å². The first kappa shape index (κ1) is 18.9. The summed E-state index contributed by atoms with van der Waals surface area (Å²) in [6.07, 6.45) is 0.551. The van der Waals surface area contributed by atoms with E-state index in [2.05, 4.69) is 9.97 Å². The van der Waals surface area contributed by atoms with Gasteiger partial charge in [0, 0.05) is 31.5 Å². The minimum atomic E-state index is -3.11. The lowest BCUT2D eigenvalue weighted by atomic mass is 9.92. The molecule has 0 aromatic carbocycles. The van der Waals surface area contributed by atoms with Crippen LogP contribution in [0.1, 0.15) is 37.4 Å². The van der Waals surface area contributed by atoms with Crippen molar-refractivity contribution >= 4 is 17.7 Å². The molecule has 0 spiro atoms. The highest BCUT2D eigenvalue weighted by Crippen LogP contribution is 2.55. The Morgan fingerprint density at radius 1 is 1.21 bits per heavy atom. The van der Waals surface area contributed by atoms with Crippen LogP contribution in [0.3, 0.4) is 0 Å². The maximum Gasteiger partial charge on any atom is 0.303 e. The largest absolute Gasteiger partial charge is 0.481 e. The van der Waals surface area contributed by atoms with Gasteiger partial charge in [-0.3, -0.25) is 4.79 Å². The number of alkyl halides is 4. The summed E-state index contributed by atoms with van der Waals surface area (Å²) in [5.41, 5.74) is 0.0647. The van der Waals surface area contributed by atoms with Gasteiger partial charge in [-0.25, -0.2) is 13.8 Å². The average Bonchev–Trinajstić information content (AvgIpc) is 3.08. The molecule has 6 nitrogen and oxygen atoms in total. The molecule has 1 aromatic rings. The van der Waals surface area contributed by atoms with Gasteiger partial charge in [0.2, 0.25) is 5.95 Å². The fraction of sp³-hybridized carbons (Fsp3) is 0.737. The molecule has 10 heteroatoms. The molecule has 158 valence electrons. The molecule has 3 fully saturated rings. The Hall–Kier alpha value is -2.13. The lowest BCUT2D eigenvalue weighted by molar-refractivity contribution is -0.137. The first-order chi connectivity index (χ1) is 13.6. The van der Waals surface area contributed by atoms with E-state index in [9.17, 15) is 22.4 Å². The fourth-order valence-corrected chi connectivity index (χ4v) is 5.17. The molecule has 2 saturated heterocycles. The molecule has 29 heavy (non-hydrogen) atoms. The first-order valence-electron chi connectivity index (χ1n) is 9.99. The molecule has 2 aliphatic heterocycles. The number of fused-ring (bicyclic) bond motifs is 2. The molecule has 0 radical (unpaired) electrons. The topological polar surface area (TPSA) is 69.6 Å². The molecule has 1 aromatic heterocycles. The average molecular weight is 414 g/mol. The van der Waals surface area contributed by atoms with E-state index in [4.69, 9.17) is 5.11 Å². The quantitative estimate of drug-likeness (QED) is 0.765. The molecule has 4 atom stereocenters. The van der Waals surface area contributed by atoms with Crippen LogP contribution in [0.25, 0.3) is 0 Å². The van der Waals surface area contributed by atoms with Crippen LogP contribution in [0.15, 0.2) is 0 Å². The summed E-state index contributed by atoms with van der Waals surface area (Å²) in [5, 5.41) is 8.99. The van der Waals surface area contributed by atoms with Gasteiger partial charge >= 0.3 is 5.97 Å². The lowest BCUT2D eigenvalue weighted by Gasteiger charge is -2.46. The third kappa shape index (κ3) is 2.85. The Bertz CT molecular complexity index is 868. The van der Waals surface area contributed by atoms with Crippen LogP contribution in [0.2, 0.25) is 0 Å². The van der Waals surface area contributed by atoms with Gasteiger partial charge in [-0.2, -0.15) is 13.8 Å². The van der Waals surface area contributed by atoms with Crippen LogP contribution >= 0.6 is 0 Å². The van der Waals surface area contributed by atoms with Crippen LogP contribution in [0.5, 0.6) is 0 Å². The molecule has 2 aliphatic carbocycles. The van der Waals surface area contributed by atoms with E-state index < -0.39 is 30.4 Å². The van der Waals surface area contributed by atoms with E-state index in [1.807, 2.05) is 4.90 Å². The van der Waals surface area contributed by atoms with Gasteiger partial charge in [0.1, 0.15) is 11.5 Å². The van der Waals surface area contributed by atoms with Crippen LogP contribution in [-0.4, -0.2) is 52.6 Å². The number of anilines is 2. The molecule has 5 rings (SSSR count).